The molecular weight excluding hydrogens is 524 g/mol. The summed E-state index contributed by atoms with van der Waals surface area (Å²) < 4.78 is 27.1. The highest BCUT2D eigenvalue weighted by Crippen LogP contribution is 2.09. The molecule has 0 saturated heterocycles. The molecule has 0 saturated carbocycles. The molecule has 0 bridgehead atoms. The van der Waals surface area contributed by atoms with Crippen molar-refractivity contribution in [3.8, 4) is 0 Å². The first-order valence-corrected chi connectivity index (χ1v) is 14.5. The predicted octanol–water partition coefficient (Wildman–Crippen LogP) is -0.874. The zero-order valence-corrected chi connectivity index (χ0v) is 23.9. The number of carbonyl (C=O) groups is 2. The van der Waals surface area contributed by atoms with Crippen molar-refractivity contribution in [1.29, 1.82) is 0 Å². The zero-order valence-electron chi connectivity index (χ0n) is 22.2. The van der Waals surface area contributed by atoms with E-state index in [-0.39, 0.29) is 24.5 Å². The minimum absolute atomic E-state index is 0.164. The molecule has 0 aromatic heterocycles. The first-order valence-electron chi connectivity index (χ1n) is 12.7. The number of nitrogens with two attached hydrogens (primary N) is 2. The summed E-state index contributed by atoms with van der Waals surface area (Å²) in [6.07, 6.45) is 0.364. The highest BCUT2D eigenvalue weighted by molar-refractivity contribution is 7.99. The average Bonchev–Trinajstić information content (AvgIpc) is 2.88. The molecule has 2 amide bonds. The number of nitrogens with one attached hydrogen (secondary N) is 2. The van der Waals surface area contributed by atoms with E-state index in [2.05, 4.69) is 23.3 Å². The van der Waals surface area contributed by atoms with Crippen molar-refractivity contribution in [3.63, 3.8) is 0 Å². The third-order valence-electron chi connectivity index (χ3n) is 4.67. The number of aliphatic hydroxyl groups excluding tert-OH is 1. The van der Waals surface area contributed by atoms with Crippen molar-refractivity contribution in [3.05, 3.63) is 0 Å². The van der Waals surface area contributed by atoms with Gasteiger partial charge in [-0.2, -0.15) is 24.4 Å². The third kappa shape index (κ3) is 23.0. The Kier molecular flexibility index (Phi) is 25.1. The molecule has 0 heterocycles. The molecule has 220 valence electrons. The summed E-state index contributed by atoms with van der Waals surface area (Å²) in [5.41, 5.74) is 11.5. The van der Waals surface area contributed by atoms with E-state index in [0.29, 0.717) is 89.4 Å². The van der Waals surface area contributed by atoms with Crippen LogP contribution >= 0.6 is 24.4 Å². The number of amides is 2. The number of aliphatic hydroxyl groups is 1. The zero-order chi connectivity index (χ0) is 27.7. The molecule has 4 unspecified atom stereocenters. The normalized spacial score (nSPS) is 14.6. The van der Waals surface area contributed by atoms with Crippen LogP contribution in [0.1, 0.15) is 26.7 Å². The summed E-state index contributed by atoms with van der Waals surface area (Å²) in [7, 11) is 0. The van der Waals surface area contributed by atoms with E-state index in [9.17, 15) is 14.7 Å². The van der Waals surface area contributed by atoms with E-state index in [0.717, 1.165) is 0 Å². The predicted molar refractivity (Wildman–Crippen MR) is 148 cm³/mol. The van der Waals surface area contributed by atoms with Gasteiger partial charge in [-0.15, -0.1) is 0 Å². The van der Waals surface area contributed by atoms with Gasteiger partial charge in [0, 0.05) is 50.2 Å². The fourth-order valence-electron chi connectivity index (χ4n) is 2.69. The van der Waals surface area contributed by atoms with Gasteiger partial charge in [0.2, 0.25) is 11.8 Å². The molecule has 0 aliphatic rings. The van der Waals surface area contributed by atoms with Crippen molar-refractivity contribution in [2.75, 3.05) is 83.2 Å². The standard InChI is InChI=1S/C23H48N4O8S2/c1-3-34-19(14-35-18(2)28)16-37-17-21(25)23(30)27-7-5-9-32-11-13-33-12-10-31-8-4-6-26-22(29)20(24)15-36/h18-21,28,36H,3-17,24-25H2,1-2H3,(H,26,29)(H,27,30). The summed E-state index contributed by atoms with van der Waals surface area (Å²) in [6.45, 7) is 8.14. The van der Waals surface area contributed by atoms with E-state index >= 15 is 0 Å². The van der Waals surface area contributed by atoms with Gasteiger partial charge >= 0.3 is 0 Å². The second kappa shape index (κ2) is 25.6. The van der Waals surface area contributed by atoms with E-state index in [1.165, 1.54) is 11.8 Å². The van der Waals surface area contributed by atoms with Gasteiger partial charge in [0.25, 0.3) is 0 Å². The second-order valence-corrected chi connectivity index (χ2v) is 9.51. The maximum Gasteiger partial charge on any atom is 0.237 e. The summed E-state index contributed by atoms with van der Waals surface area (Å²) in [4.78, 5) is 23.6. The van der Waals surface area contributed by atoms with Crippen LogP contribution in [0.5, 0.6) is 0 Å². The molecule has 0 aliphatic carbocycles. The SMILES string of the molecule is CCOC(COC(C)O)CSCC(N)C(=O)NCCCOCCOCCOCCCNC(=O)C(N)CS. The lowest BCUT2D eigenvalue weighted by molar-refractivity contribution is -0.122. The first-order chi connectivity index (χ1) is 17.8. The minimum Gasteiger partial charge on any atom is -0.379 e. The second-order valence-electron chi connectivity index (χ2n) is 8.07. The van der Waals surface area contributed by atoms with E-state index in [1.54, 1.807) is 6.92 Å². The molecular formula is C23H48N4O8S2. The molecule has 7 N–H and O–H groups in total. The number of rotatable bonds is 26. The maximum absolute atomic E-state index is 12.1. The van der Waals surface area contributed by atoms with E-state index in [4.69, 9.17) is 35.2 Å². The topological polar surface area (TPSA) is 177 Å². The number of thioether (sulfide) groups is 1. The van der Waals surface area contributed by atoms with Crippen LogP contribution in [0.2, 0.25) is 0 Å². The molecule has 4 atom stereocenters. The number of ether oxygens (including phenoxy) is 5. The van der Waals surface area contributed by atoms with Crippen LogP contribution in [0.4, 0.5) is 0 Å². The van der Waals surface area contributed by atoms with Crippen molar-refractivity contribution >= 4 is 36.2 Å². The van der Waals surface area contributed by atoms with Gasteiger partial charge in [0.15, 0.2) is 6.29 Å². The molecule has 0 rings (SSSR count). The lowest BCUT2D eigenvalue weighted by Crippen LogP contribution is -2.43. The lowest BCUT2D eigenvalue weighted by Gasteiger charge is -2.19. The molecule has 0 aromatic carbocycles. The first kappa shape index (κ1) is 36.3. The summed E-state index contributed by atoms with van der Waals surface area (Å²) in [5, 5.41) is 14.8. The molecule has 0 aliphatic heterocycles. The smallest absolute Gasteiger partial charge is 0.237 e. The van der Waals surface area contributed by atoms with Gasteiger partial charge in [0.1, 0.15) is 0 Å². The van der Waals surface area contributed by atoms with Crippen molar-refractivity contribution < 1.29 is 38.4 Å². The Morgan fingerprint density at radius 3 is 1.86 bits per heavy atom. The maximum atomic E-state index is 12.1. The Labute approximate surface area is 231 Å². The molecule has 0 radical (unpaired) electrons. The van der Waals surface area contributed by atoms with Crippen LogP contribution in [0.25, 0.3) is 0 Å². The summed E-state index contributed by atoms with van der Waals surface area (Å²) in [5.74, 6) is 0.990. The largest absolute Gasteiger partial charge is 0.379 e. The summed E-state index contributed by atoms with van der Waals surface area (Å²) in [6, 6.07) is -1.20. The van der Waals surface area contributed by atoms with Gasteiger partial charge in [-0.3, -0.25) is 9.59 Å². The van der Waals surface area contributed by atoms with Gasteiger partial charge in [-0.1, -0.05) is 0 Å². The van der Waals surface area contributed by atoms with E-state index in [1.807, 2.05) is 6.92 Å². The number of hydrogen-bond donors (Lipinski definition) is 6. The number of hydrogen-bond acceptors (Lipinski definition) is 12. The fraction of sp³-hybridized carbons (Fsp3) is 0.913. The van der Waals surface area contributed by atoms with Crippen LogP contribution in [-0.4, -0.2) is 125 Å². The van der Waals surface area contributed by atoms with Crippen molar-refractivity contribution in [2.45, 2.75) is 51.2 Å². The molecule has 0 fully saturated rings. The lowest BCUT2D eigenvalue weighted by atomic mass is 10.3. The Morgan fingerprint density at radius 1 is 0.865 bits per heavy atom. The van der Waals surface area contributed by atoms with Gasteiger partial charge in [-0.05, 0) is 26.7 Å². The average molecular weight is 573 g/mol. The van der Waals surface area contributed by atoms with Crippen LogP contribution < -0.4 is 22.1 Å². The Hall–Kier alpha value is -0.680. The highest BCUT2D eigenvalue weighted by atomic mass is 32.2. The van der Waals surface area contributed by atoms with Crippen LogP contribution in [0.15, 0.2) is 0 Å². The third-order valence-corrected chi connectivity index (χ3v) is 6.27. The van der Waals surface area contributed by atoms with Gasteiger partial charge < -0.3 is 50.9 Å². The molecule has 12 nitrogen and oxygen atoms in total. The van der Waals surface area contributed by atoms with E-state index < -0.39 is 18.4 Å². The fourth-order valence-corrected chi connectivity index (χ4v) is 3.85. The molecule has 37 heavy (non-hydrogen) atoms. The van der Waals surface area contributed by atoms with Crippen LogP contribution in [0.3, 0.4) is 0 Å². The molecule has 0 spiro atoms. The van der Waals surface area contributed by atoms with Crippen LogP contribution in [0, 0.1) is 0 Å². The highest BCUT2D eigenvalue weighted by Gasteiger charge is 2.16. The molecule has 14 heteroatoms. The summed E-state index contributed by atoms with van der Waals surface area (Å²) >= 11 is 5.49. The van der Waals surface area contributed by atoms with Crippen molar-refractivity contribution in [2.24, 2.45) is 11.5 Å². The quantitative estimate of drug-likeness (QED) is 0.0431. The Morgan fingerprint density at radius 2 is 1.38 bits per heavy atom. The van der Waals surface area contributed by atoms with Gasteiger partial charge in [-0.25, -0.2) is 0 Å². The van der Waals surface area contributed by atoms with Crippen molar-refractivity contribution in [1.82, 2.24) is 10.6 Å². The number of thiol groups is 1. The molecule has 0 aromatic rings. The minimum atomic E-state index is -0.843. The monoisotopic (exact) mass is 572 g/mol. The Balaban J connectivity index is 3.52. The van der Waals surface area contributed by atoms with Crippen LogP contribution in [-0.2, 0) is 33.3 Å². The number of carbonyl (C=O) groups excluding carboxylic acids is 2. The Bertz CT molecular complexity index is 567. The van der Waals surface area contributed by atoms with Gasteiger partial charge in [0.05, 0.1) is 51.2 Å².